The highest BCUT2D eigenvalue weighted by Crippen LogP contribution is 2.36. The molecule has 0 saturated heterocycles. The molecule has 4 nitrogen and oxygen atoms in total. The summed E-state index contributed by atoms with van der Waals surface area (Å²) in [7, 11) is 0. The summed E-state index contributed by atoms with van der Waals surface area (Å²) in [4.78, 5) is 17.8. The average Bonchev–Trinajstić information content (AvgIpc) is 2.78. The molecule has 4 rings (SSSR count). The highest BCUT2D eigenvalue weighted by Gasteiger charge is 2.33. The van der Waals surface area contributed by atoms with Gasteiger partial charge in [0.25, 0.3) is 5.91 Å². The summed E-state index contributed by atoms with van der Waals surface area (Å²) in [5.74, 6) is -4.78. The van der Waals surface area contributed by atoms with Gasteiger partial charge in [0, 0.05) is 28.4 Å². The number of benzene rings is 3. The molecular weight excluding hydrogens is 482 g/mol. The number of amides is 1. The van der Waals surface area contributed by atoms with Gasteiger partial charge in [-0.2, -0.15) is 0 Å². The lowest BCUT2D eigenvalue weighted by Gasteiger charge is -2.28. The zero-order chi connectivity index (χ0) is 25.3. The van der Waals surface area contributed by atoms with E-state index >= 15 is 0 Å². The standard InChI is InChI=1S/C26H20ClF4N3O/c1-13(15-6-4-3-5-7-15)33-26(35)22-14(2)32-25(23-20(30)11-17(29)12-21(23)31)34-24(22)18-9-8-16(28)10-19(18)27/h3-13,24H,1-2H3,(H,32,34)(H,33,35)/t13?,24-/m0/s1. The molecule has 0 aromatic heterocycles. The Balaban J connectivity index is 1.79. The molecule has 2 N–H and O–H groups in total. The number of rotatable bonds is 5. The minimum absolute atomic E-state index is 0.0192. The van der Waals surface area contributed by atoms with Crippen LogP contribution in [0.5, 0.6) is 0 Å². The molecule has 1 aliphatic rings. The Kier molecular flexibility index (Phi) is 6.93. The second kappa shape index (κ2) is 9.92. The third-order valence-corrected chi connectivity index (χ3v) is 5.96. The van der Waals surface area contributed by atoms with Gasteiger partial charge in [-0.1, -0.05) is 48.0 Å². The van der Waals surface area contributed by atoms with E-state index in [0.717, 1.165) is 17.7 Å². The molecule has 1 amide bonds. The predicted molar refractivity (Wildman–Crippen MR) is 126 cm³/mol. The molecule has 1 unspecified atom stereocenters. The van der Waals surface area contributed by atoms with Crippen LogP contribution >= 0.6 is 11.6 Å². The summed E-state index contributed by atoms with van der Waals surface area (Å²) < 4.78 is 56.2. The molecular formula is C26H20ClF4N3O. The van der Waals surface area contributed by atoms with Crippen molar-refractivity contribution >= 4 is 23.3 Å². The molecule has 9 heteroatoms. The number of hydrogen-bond acceptors (Lipinski definition) is 3. The van der Waals surface area contributed by atoms with Crippen molar-refractivity contribution in [2.45, 2.75) is 25.9 Å². The van der Waals surface area contributed by atoms with E-state index in [1.165, 1.54) is 6.07 Å². The van der Waals surface area contributed by atoms with Crippen molar-refractivity contribution in [2.75, 3.05) is 0 Å². The zero-order valence-corrected chi connectivity index (χ0v) is 19.4. The summed E-state index contributed by atoms with van der Waals surface area (Å²) in [6, 6.07) is 12.4. The van der Waals surface area contributed by atoms with Crippen LogP contribution in [-0.2, 0) is 4.79 Å². The maximum atomic E-state index is 14.5. The molecule has 1 heterocycles. The molecule has 2 atom stereocenters. The molecule has 3 aromatic carbocycles. The number of nitrogens with one attached hydrogen (secondary N) is 2. The summed E-state index contributed by atoms with van der Waals surface area (Å²) in [5.41, 5.74) is 0.908. The van der Waals surface area contributed by atoms with Crippen molar-refractivity contribution in [1.29, 1.82) is 0 Å². The lowest BCUT2D eigenvalue weighted by Crippen LogP contribution is -2.38. The minimum Gasteiger partial charge on any atom is -0.346 e. The Morgan fingerprint density at radius 3 is 2.29 bits per heavy atom. The van der Waals surface area contributed by atoms with Gasteiger partial charge in [0.15, 0.2) is 0 Å². The number of aliphatic imine (C=N–C) groups is 1. The van der Waals surface area contributed by atoms with Crippen LogP contribution in [0, 0.1) is 23.3 Å². The normalized spacial score (nSPS) is 16.4. The van der Waals surface area contributed by atoms with Gasteiger partial charge >= 0.3 is 0 Å². The van der Waals surface area contributed by atoms with E-state index in [-0.39, 0.29) is 33.7 Å². The largest absolute Gasteiger partial charge is 0.346 e. The molecule has 0 bridgehead atoms. The van der Waals surface area contributed by atoms with Gasteiger partial charge in [0.1, 0.15) is 35.1 Å². The maximum absolute atomic E-state index is 14.5. The second-order valence-electron chi connectivity index (χ2n) is 8.06. The fourth-order valence-corrected chi connectivity index (χ4v) is 4.18. The SMILES string of the molecule is CC1=C(C(=O)NC(C)c2ccccc2)[C@H](c2ccc(F)cc2Cl)N=C(c2c(F)cc(F)cc2F)N1. The first kappa shape index (κ1) is 24.5. The van der Waals surface area contributed by atoms with Crippen molar-refractivity contribution in [3.8, 4) is 0 Å². The number of amidine groups is 1. The number of halogens is 5. The van der Waals surface area contributed by atoms with Crippen LogP contribution in [-0.4, -0.2) is 11.7 Å². The van der Waals surface area contributed by atoms with Crippen LogP contribution in [0.15, 0.2) is 76.9 Å². The summed E-state index contributed by atoms with van der Waals surface area (Å²) >= 11 is 6.28. The first-order valence-electron chi connectivity index (χ1n) is 10.7. The van der Waals surface area contributed by atoms with Crippen LogP contribution in [0.2, 0.25) is 5.02 Å². The molecule has 0 aliphatic carbocycles. The van der Waals surface area contributed by atoms with Crippen molar-refractivity contribution in [2.24, 2.45) is 4.99 Å². The highest BCUT2D eigenvalue weighted by atomic mass is 35.5. The van der Waals surface area contributed by atoms with Crippen molar-refractivity contribution < 1.29 is 22.4 Å². The summed E-state index contributed by atoms with van der Waals surface area (Å²) in [5, 5.41) is 5.63. The Bertz CT molecular complexity index is 1330. The van der Waals surface area contributed by atoms with Gasteiger partial charge in [0.05, 0.1) is 17.2 Å². The van der Waals surface area contributed by atoms with E-state index in [1.807, 2.05) is 30.3 Å². The number of allylic oxidation sites excluding steroid dienone is 1. The third-order valence-electron chi connectivity index (χ3n) is 5.63. The van der Waals surface area contributed by atoms with Gasteiger partial charge in [0.2, 0.25) is 0 Å². The van der Waals surface area contributed by atoms with Crippen LogP contribution in [0.1, 0.15) is 42.6 Å². The molecule has 3 aromatic rings. The average molecular weight is 502 g/mol. The second-order valence-corrected chi connectivity index (χ2v) is 8.47. The minimum atomic E-state index is -1.17. The van der Waals surface area contributed by atoms with E-state index in [2.05, 4.69) is 15.6 Å². The number of carbonyl (C=O) groups excluding carboxylic acids is 1. The number of hydrogen-bond donors (Lipinski definition) is 2. The van der Waals surface area contributed by atoms with Crippen molar-refractivity contribution in [3.63, 3.8) is 0 Å². The molecule has 0 fully saturated rings. The van der Waals surface area contributed by atoms with Crippen LogP contribution in [0.4, 0.5) is 17.6 Å². The van der Waals surface area contributed by atoms with Crippen LogP contribution in [0.3, 0.4) is 0 Å². The van der Waals surface area contributed by atoms with Crippen LogP contribution < -0.4 is 10.6 Å². The lowest BCUT2D eigenvalue weighted by atomic mass is 9.94. The molecule has 0 spiro atoms. The predicted octanol–water partition coefficient (Wildman–Crippen LogP) is 6.14. The highest BCUT2D eigenvalue weighted by molar-refractivity contribution is 6.31. The molecule has 0 radical (unpaired) electrons. The van der Waals surface area contributed by atoms with Gasteiger partial charge < -0.3 is 10.6 Å². The fraction of sp³-hybridized carbons (Fsp3) is 0.154. The summed E-state index contributed by atoms with van der Waals surface area (Å²) in [6.45, 7) is 3.35. The number of carbonyl (C=O) groups is 1. The quantitative estimate of drug-likeness (QED) is 0.413. The van der Waals surface area contributed by atoms with Crippen molar-refractivity contribution in [1.82, 2.24) is 10.6 Å². The Morgan fingerprint density at radius 2 is 1.66 bits per heavy atom. The third kappa shape index (κ3) is 5.07. The number of nitrogens with zero attached hydrogens (tertiary/aromatic N) is 1. The first-order valence-corrected chi connectivity index (χ1v) is 11.0. The fourth-order valence-electron chi connectivity index (χ4n) is 3.91. The lowest BCUT2D eigenvalue weighted by molar-refractivity contribution is -0.118. The van der Waals surface area contributed by atoms with Gasteiger partial charge in [-0.15, -0.1) is 0 Å². The molecule has 0 saturated carbocycles. The Hall–Kier alpha value is -3.65. The zero-order valence-electron chi connectivity index (χ0n) is 18.7. The molecule has 1 aliphatic heterocycles. The maximum Gasteiger partial charge on any atom is 0.251 e. The van der Waals surface area contributed by atoms with E-state index < -0.39 is 40.8 Å². The van der Waals surface area contributed by atoms with E-state index in [9.17, 15) is 22.4 Å². The van der Waals surface area contributed by atoms with E-state index in [0.29, 0.717) is 12.1 Å². The van der Waals surface area contributed by atoms with Gasteiger partial charge in [-0.05, 0) is 31.5 Å². The van der Waals surface area contributed by atoms with E-state index in [4.69, 9.17) is 11.6 Å². The topological polar surface area (TPSA) is 53.5 Å². The van der Waals surface area contributed by atoms with Gasteiger partial charge in [-0.3, -0.25) is 9.79 Å². The van der Waals surface area contributed by atoms with E-state index in [1.54, 1.807) is 13.8 Å². The Labute approximate surface area is 204 Å². The van der Waals surface area contributed by atoms with Crippen LogP contribution in [0.25, 0.3) is 0 Å². The smallest absolute Gasteiger partial charge is 0.251 e. The molecule has 180 valence electrons. The summed E-state index contributed by atoms with van der Waals surface area (Å²) in [6.07, 6.45) is 0. The Morgan fingerprint density at radius 1 is 1.00 bits per heavy atom. The molecule has 35 heavy (non-hydrogen) atoms. The van der Waals surface area contributed by atoms with Gasteiger partial charge in [-0.25, -0.2) is 17.6 Å². The monoisotopic (exact) mass is 501 g/mol. The first-order chi connectivity index (χ1) is 16.7. The van der Waals surface area contributed by atoms with Crippen molar-refractivity contribution in [3.05, 3.63) is 117 Å².